The highest BCUT2D eigenvalue weighted by Gasteiger charge is 2.25. The molecule has 5 heterocycles. The summed E-state index contributed by atoms with van der Waals surface area (Å²) < 4.78 is 19.5. The van der Waals surface area contributed by atoms with Gasteiger partial charge in [0, 0.05) is 37.5 Å². The minimum atomic E-state index is -0.464. The van der Waals surface area contributed by atoms with Gasteiger partial charge in [0.05, 0.1) is 32.2 Å². The average Bonchev–Trinajstić information content (AvgIpc) is 3.90. The van der Waals surface area contributed by atoms with Gasteiger partial charge in [-0.25, -0.2) is 19.3 Å². The summed E-state index contributed by atoms with van der Waals surface area (Å²) in [5, 5.41) is 1.46. The summed E-state index contributed by atoms with van der Waals surface area (Å²) in [6.45, 7) is 0.148. The highest BCUT2D eigenvalue weighted by Crippen LogP contribution is 2.47. The second kappa shape index (κ2) is 10.3. The molecule has 0 amide bonds. The van der Waals surface area contributed by atoms with E-state index in [1.165, 1.54) is 11.3 Å². The molecule has 0 radical (unpaired) electrons. The van der Waals surface area contributed by atoms with Crippen LogP contribution in [0.5, 0.6) is 0 Å². The normalized spacial score (nSPS) is 11.8. The second-order valence-electron chi connectivity index (χ2n) is 10.6. The first-order valence-electron chi connectivity index (χ1n) is 14.1. The molecule has 0 saturated carbocycles. The number of carbonyl (C=O) groups is 1. The number of carbonyl (C=O) groups excluding carboxylic acids is 1. The number of pyridine rings is 1. The van der Waals surface area contributed by atoms with Crippen LogP contribution >= 0.6 is 34.4 Å². The standard InChI is InChI=1S/C34H17N5O4S3/c40-29-18-10-4-5-11-19(18)30(41)27(29)36-33-26-25(37-46-38-26)21(15-35-33)24-14-22-31(45-24)32-28(20-12-6-7-13-23(20)44-32)39(22)34(42)43-16-17-8-2-1-3-9-17/h1-15H,16H2. The van der Waals surface area contributed by atoms with Gasteiger partial charge in [-0.05, 0) is 17.7 Å². The zero-order valence-corrected chi connectivity index (χ0v) is 25.9. The summed E-state index contributed by atoms with van der Waals surface area (Å²) in [5.41, 5.74) is 3.22. The molecule has 9 rings (SSSR count). The van der Waals surface area contributed by atoms with Crippen LogP contribution in [0.3, 0.4) is 0 Å². The van der Waals surface area contributed by atoms with Crippen LogP contribution in [0.1, 0.15) is 5.56 Å². The number of ether oxygens (including phenoxy) is 1. The fraction of sp³-hybridized carbons (Fsp3) is 0.0294. The summed E-state index contributed by atoms with van der Waals surface area (Å²) in [6.07, 6.45) is 1.17. The van der Waals surface area contributed by atoms with E-state index < -0.39 is 17.0 Å². The van der Waals surface area contributed by atoms with Gasteiger partial charge in [0.25, 0.3) is 0 Å². The zero-order valence-electron chi connectivity index (χ0n) is 23.5. The Balaban J connectivity index is 1.20. The lowest BCUT2D eigenvalue weighted by atomic mass is 10.2. The molecule has 0 spiro atoms. The first kappa shape index (κ1) is 26.9. The van der Waals surface area contributed by atoms with Crippen molar-refractivity contribution in [2.24, 2.45) is 4.99 Å². The summed E-state index contributed by atoms with van der Waals surface area (Å²) in [7, 11) is 0. The maximum absolute atomic E-state index is 13.8. The van der Waals surface area contributed by atoms with Crippen molar-refractivity contribution in [2.45, 2.75) is 6.61 Å². The summed E-state index contributed by atoms with van der Waals surface area (Å²) in [5.74, 6) is 0.152. The molecule has 12 heteroatoms. The Labute approximate surface area is 270 Å². The van der Waals surface area contributed by atoms with Crippen molar-refractivity contribution in [3.05, 3.63) is 122 Å². The van der Waals surface area contributed by atoms with E-state index in [9.17, 15) is 14.4 Å². The quantitative estimate of drug-likeness (QED) is 0.195. The molecule has 46 heavy (non-hydrogen) atoms. The smallest absolute Gasteiger partial charge is 0.419 e. The van der Waals surface area contributed by atoms with Gasteiger partial charge in [-0.2, -0.15) is 8.75 Å². The predicted molar refractivity (Wildman–Crippen MR) is 183 cm³/mol. The molecule has 0 fully saturated rings. The molecule has 9 aromatic rings. The van der Waals surface area contributed by atoms with Crippen LogP contribution in [0.25, 0.3) is 62.8 Å². The molecule has 0 unspecified atom stereocenters. The first-order chi connectivity index (χ1) is 22.6. The van der Waals surface area contributed by atoms with Crippen molar-refractivity contribution in [1.29, 1.82) is 0 Å². The molecule has 9 nitrogen and oxygen atoms in total. The lowest BCUT2D eigenvalue weighted by Crippen LogP contribution is -2.31. The number of thiophene rings is 2. The Kier molecular flexibility index (Phi) is 6.03. The van der Waals surface area contributed by atoms with Crippen LogP contribution < -0.4 is 16.2 Å². The van der Waals surface area contributed by atoms with Crippen molar-refractivity contribution >= 4 is 98.6 Å². The third-order valence-corrected chi connectivity index (χ3v) is 11.0. The van der Waals surface area contributed by atoms with E-state index in [0.717, 1.165) is 52.7 Å². The lowest BCUT2D eigenvalue weighted by Gasteiger charge is -2.07. The summed E-state index contributed by atoms with van der Waals surface area (Å²) in [4.78, 5) is 49.5. The van der Waals surface area contributed by atoms with Crippen LogP contribution in [0.4, 0.5) is 10.6 Å². The molecular formula is C34H17N5O4S3. The molecule has 4 aromatic carbocycles. The van der Waals surface area contributed by atoms with E-state index in [-0.39, 0.29) is 17.8 Å². The lowest BCUT2D eigenvalue weighted by molar-refractivity contribution is 0.143. The maximum atomic E-state index is 13.8. The Hall–Kier alpha value is -5.43. The van der Waals surface area contributed by atoms with E-state index in [1.807, 2.05) is 60.7 Å². The number of benzene rings is 3. The van der Waals surface area contributed by atoms with Gasteiger partial charge in [0.2, 0.25) is 10.9 Å². The predicted octanol–water partition coefficient (Wildman–Crippen LogP) is 7.30. The van der Waals surface area contributed by atoms with Crippen molar-refractivity contribution in [3.8, 4) is 10.4 Å². The van der Waals surface area contributed by atoms with Crippen LogP contribution in [0.2, 0.25) is 0 Å². The van der Waals surface area contributed by atoms with Crippen molar-refractivity contribution < 1.29 is 9.53 Å². The molecule has 0 aliphatic rings. The van der Waals surface area contributed by atoms with Gasteiger partial charge in [-0.3, -0.25) is 9.59 Å². The van der Waals surface area contributed by atoms with Gasteiger partial charge in [0.1, 0.15) is 17.6 Å². The number of hydrogen-bond acceptors (Lipinski definition) is 11. The van der Waals surface area contributed by atoms with E-state index >= 15 is 0 Å². The van der Waals surface area contributed by atoms with E-state index in [4.69, 9.17) is 4.74 Å². The Morgan fingerprint density at radius 2 is 1.50 bits per heavy atom. The second-order valence-corrected chi connectivity index (χ2v) is 13.2. The van der Waals surface area contributed by atoms with E-state index in [2.05, 4.69) is 18.7 Å². The van der Waals surface area contributed by atoms with Gasteiger partial charge in [0.15, 0.2) is 11.2 Å². The summed E-state index contributed by atoms with van der Waals surface area (Å²) >= 11 is 4.16. The first-order valence-corrected chi connectivity index (χ1v) is 16.5. The third kappa shape index (κ3) is 4.01. The largest absolute Gasteiger partial charge is 0.444 e. The fourth-order valence-electron chi connectivity index (χ4n) is 5.81. The minimum absolute atomic E-state index is 0.148. The van der Waals surface area contributed by atoms with Gasteiger partial charge >= 0.3 is 6.09 Å². The molecule has 0 saturated heterocycles. The topological polar surface area (TPSA) is 116 Å². The van der Waals surface area contributed by atoms with E-state index in [1.54, 1.807) is 46.4 Å². The van der Waals surface area contributed by atoms with Crippen LogP contribution in [-0.4, -0.2) is 24.4 Å². The van der Waals surface area contributed by atoms with Gasteiger partial charge in [-0.15, -0.1) is 22.7 Å². The molecule has 5 aromatic heterocycles. The van der Waals surface area contributed by atoms with Crippen molar-refractivity contribution in [3.63, 3.8) is 0 Å². The van der Waals surface area contributed by atoms with Crippen LogP contribution in [0, 0.1) is 0 Å². The number of hydrogen-bond donors (Lipinski definition) is 0. The van der Waals surface area contributed by atoms with Gasteiger partial charge < -0.3 is 4.74 Å². The SMILES string of the molecule is O=C(OCc1ccccc1)n1c2cc(-c3cnc(N=c4c(=O)c5ccccc5c4=O)c4nsnc34)sc2c2sc3ccccc3c21. The Morgan fingerprint density at radius 1 is 0.804 bits per heavy atom. The fourth-order valence-corrected chi connectivity index (χ4v) is 8.85. The molecule has 220 valence electrons. The number of rotatable bonds is 4. The van der Waals surface area contributed by atoms with E-state index in [0.29, 0.717) is 27.4 Å². The van der Waals surface area contributed by atoms with Gasteiger partial charge in [-0.1, -0.05) is 72.8 Å². The highest BCUT2D eigenvalue weighted by atomic mass is 32.1. The van der Waals surface area contributed by atoms with Crippen LogP contribution in [-0.2, 0) is 11.3 Å². The van der Waals surface area contributed by atoms with Crippen molar-refractivity contribution in [1.82, 2.24) is 18.3 Å². The average molecular weight is 656 g/mol. The Morgan fingerprint density at radius 3 is 2.28 bits per heavy atom. The Bertz CT molecular complexity index is 2790. The number of fused-ring (bicyclic) bond motifs is 7. The van der Waals surface area contributed by atoms with Crippen LogP contribution in [0.15, 0.2) is 106 Å². The molecule has 0 aliphatic carbocycles. The number of aromatic nitrogens is 4. The molecule has 0 atom stereocenters. The molecule has 0 aliphatic heterocycles. The minimum Gasteiger partial charge on any atom is -0.444 e. The zero-order chi connectivity index (χ0) is 30.9. The highest BCUT2D eigenvalue weighted by molar-refractivity contribution is 7.32. The molecular weight excluding hydrogens is 639 g/mol. The monoisotopic (exact) mass is 655 g/mol. The van der Waals surface area contributed by atoms with Crippen molar-refractivity contribution in [2.75, 3.05) is 0 Å². The maximum Gasteiger partial charge on any atom is 0.419 e. The third-order valence-electron chi connectivity index (χ3n) is 7.94. The summed E-state index contributed by atoms with van der Waals surface area (Å²) in [6, 6.07) is 26.2. The molecule has 0 bridgehead atoms. The number of nitrogens with zero attached hydrogens (tertiary/aromatic N) is 5. The molecule has 0 N–H and O–H groups in total.